The number of sulfone groups is 1. The van der Waals surface area contributed by atoms with Gasteiger partial charge in [0.15, 0.2) is 0 Å². The van der Waals surface area contributed by atoms with E-state index in [0.29, 0.717) is 26.1 Å². The number of imidazole rings is 1. The van der Waals surface area contributed by atoms with Gasteiger partial charge < -0.3 is 14.0 Å². The molecule has 1 aliphatic heterocycles. The smallest absolute Gasteiger partial charge is 0.319 e. The molecule has 9 heteroatoms. The van der Waals surface area contributed by atoms with Crippen molar-refractivity contribution in [3.8, 4) is 0 Å². The van der Waals surface area contributed by atoms with E-state index >= 15 is 0 Å². The Morgan fingerprint density at radius 1 is 1.52 bits per heavy atom. The Bertz CT molecular complexity index is 680. The molecule has 0 aromatic carbocycles. The molecular weight excluding hydrogens is 346 g/mol. The number of carbonyl (C=O) groups excluding carboxylic acids is 1. The van der Waals surface area contributed by atoms with Crippen LogP contribution in [0.3, 0.4) is 0 Å². The van der Waals surface area contributed by atoms with E-state index in [1.807, 2.05) is 6.92 Å². The summed E-state index contributed by atoms with van der Waals surface area (Å²) in [7, 11) is -0.320. The zero-order valence-corrected chi connectivity index (χ0v) is 15.9. The van der Waals surface area contributed by atoms with Gasteiger partial charge in [-0.25, -0.2) is 13.4 Å². The van der Waals surface area contributed by atoms with Crippen LogP contribution < -0.4 is 0 Å². The fourth-order valence-corrected chi connectivity index (χ4v) is 4.39. The zero-order valence-electron chi connectivity index (χ0n) is 15.1. The number of rotatable bonds is 9. The molecule has 1 saturated heterocycles. The van der Waals surface area contributed by atoms with Crippen LogP contribution in [0.1, 0.15) is 31.9 Å². The van der Waals surface area contributed by atoms with Crippen LogP contribution in [0.4, 0.5) is 0 Å². The predicted octanol–water partition coefficient (Wildman–Crippen LogP) is 0.851. The molecule has 2 rings (SSSR count). The Morgan fingerprint density at radius 2 is 2.28 bits per heavy atom. The molecule has 1 atom stereocenters. The Labute approximate surface area is 149 Å². The number of hydrogen-bond donors (Lipinski definition) is 0. The highest BCUT2D eigenvalue weighted by Gasteiger charge is 2.26. The van der Waals surface area contributed by atoms with E-state index in [1.165, 1.54) is 7.11 Å². The average Bonchev–Trinajstić information content (AvgIpc) is 3.18. The third-order valence-electron chi connectivity index (χ3n) is 4.12. The lowest BCUT2D eigenvalue weighted by Gasteiger charge is -2.19. The van der Waals surface area contributed by atoms with Gasteiger partial charge >= 0.3 is 5.97 Å². The van der Waals surface area contributed by atoms with E-state index in [0.717, 1.165) is 18.5 Å². The minimum absolute atomic E-state index is 0.00515. The molecule has 0 unspecified atom stereocenters. The number of ether oxygens (including phenoxy) is 2. The van der Waals surface area contributed by atoms with E-state index in [1.54, 1.807) is 22.7 Å². The summed E-state index contributed by atoms with van der Waals surface area (Å²) in [5.41, 5.74) is 0.747. The summed E-state index contributed by atoms with van der Waals surface area (Å²) in [6.45, 7) is 3.51. The first-order valence-electron chi connectivity index (χ1n) is 8.51. The van der Waals surface area contributed by atoms with Crippen molar-refractivity contribution in [1.82, 2.24) is 14.5 Å². The van der Waals surface area contributed by atoms with E-state index in [-0.39, 0.29) is 29.5 Å². The van der Waals surface area contributed by atoms with Crippen LogP contribution in [-0.2, 0) is 37.2 Å². The second-order valence-electron chi connectivity index (χ2n) is 6.35. The molecule has 1 fully saturated rings. The highest BCUT2D eigenvalue weighted by Crippen LogP contribution is 2.20. The number of hydrogen-bond acceptors (Lipinski definition) is 7. The molecule has 0 radical (unpaired) electrons. The van der Waals surface area contributed by atoms with Crippen LogP contribution >= 0.6 is 0 Å². The third-order valence-corrected chi connectivity index (χ3v) is 5.95. The van der Waals surface area contributed by atoms with E-state index in [2.05, 4.69) is 9.72 Å². The van der Waals surface area contributed by atoms with Gasteiger partial charge in [0.25, 0.3) is 0 Å². The van der Waals surface area contributed by atoms with Crippen molar-refractivity contribution in [1.29, 1.82) is 0 Å². The molecule has 1 aromatic heterocycles. The zero-order chi connectivity index (χ0) is 18.4. The lowest BCUT2D eigenvalue weighted by atomic mass is 10.2. The van der Waals surface area contributed by atoms with Crippen LogP contribution in [0.2, 0.25) is 0 Å². The molecule has 0 saturated carbocycles. The summed E-state index contributed by atoms with van der Waals surface area (Å²) in [6.07, 6.45) is 3.99. The second kappa shape index (κ2) is 8.77. The molecule has 8 nitrogen and oxygen atoms in total. The lowest BCUT2D eigenvalue weighted by molar-refractivity contribution is -0.141. The summed E-state index contributed by atoms with van der Waals surface area (Å²) in [4.78, 5) is 17.4. The fraction of sp³-hybridized carbons (Fsp3) is 0.750. The van der Waals surface area contributed by atoms with Gasteiger partial charge in [0.2, 0.25) is 15.0 Å². The monoisotopic (exact) mass is 373 g/mol. The predicted molar refractivity (Wildman–Crippen MR) is 91.9 cm³/mol. The normalized spacial score (nSPS) is 18.0. The molecule has 1 aromatic rings. The van der Waals surface area contributed by atoms with Gasteiger partial charge in [0.1, 0.15) is 0 Å². The third kappa shape index (κ3) is 5.26. The first-order valence-corrected chi connectivity index (χ1v) is 10.2. The molecule has 0 spiro atoms. The number of nitrogens with zero attached hydrogens (tertiary/aromatic N) is 3. The van der Waals surface area contributed by atoms with Gasteiger partial charge in [0, 0.05) is 13.2 Å². The van der Waals surface area contributed by atoms with Gasteiger partial charge in [-0.1, -0.05) is 6.92 Å². The molecule has 25 heavy (non-hydrogen) atoms. The summed E-state index contributed by atoms with van der Waals surface area (Å²) in [5, 5.41) is 0.0892. The first-order chi connectivity index (χ1) is 11.9. The minimum Gasteiger partial charge on any atom is -0.468 e. The molecule has 0 aliphatic carbocycles. The molecule has 0 amide bonds. The van der Waals surface area contributed by atoms with Crippen molar-refractivity contribution in [2.24, 2.45) is 0 Å². The van der Waals surface area contributed by atoms with Crippen LogP contribution in [0, 0.1) is 0 Å². The maximum atomic E-state index is 12.5. The van der Waals surface area contributed by atoms with Gasteiger partial charge in [-0.05, 0) is 26.3 Å². The topological polar surface area (TPSA) is 90.7 Å². The minimum atomic E-state index is -3.44. The fourth-order valence-electron chi connectivity index (χ4n) is 2.93. The largest absolute Gasteiger partial charge is 0.468 e. The van der Waals surface area contributed by atoms with Gasteiger partial charge in [-0.2, -0.15) is 0 Å². The number of carbonyl (C=O) groups is 1. The summed E-state index contributed by atoms with van der Waals surface area (Å²) in [5.74, 6) is -0.279. The van der Waals surface area contributed by atoms with E-state index in [9.17, 15) is 13.2 Å². The molecule has 0 N–H and O–H groups in total. The van der Waals surface area contributed by atoms with Crippen LogP contribution in [0.15, 0.2) is 11.4 Å². The quantitative estimate of drug-likeness (QED) is 0.593. The molecule has 2 heterocycles. The molecule has 0 bridgehead atoms. The Kier molecular flexibility index (Phi) is 6.97. The van der Waals surface area contributed by atoms with Crippen molar-refractivity contribution in [2.45, 2.75) is 50.5 Å². The molecule has 142 valence electrons. The van der Waals surface area contributed by atoms with Crippen LogP contribution in [-0.4, -0.2) is 68.0 Å². The van der Waals surface area contributed by atoms with E-state index in [4.69, 9.17) is 4.74 Å². The Hall–Kier alpha value is -1.45. The van der Waals surface area contributed by atoms with Crippen molar-refractivity contribution >= 4 is 15.8 Å². The Balaban J connectivity index is 2.25. The van der Waals surface area contributed by atoms with Crippen molar-refractivity contribution in [2.75, 3.05) is 33.1 Å². The summed E-state index contributed by atoms with van der Waals surface area (Å²) < 4.78 is 37.1. The number of aromatic nitrogens is 2. The second-order valence-corrected chi connectivity index (χ2v) is 8.35. The number of methoxy groups -OCH3 is 1. The summed E-state index contributed by atoms with van der Waals surface area (Å²) in [6, 6.07) is 0. The average molecular weight is 373 g/mol. The standard InChI is InChI=1S/C16H27N3O5S/c1-4-8-25(21,22)16-17-9-13(10-18(2)12-15(20)23-3)19(16)11-14-6-5-7-24-14/h9,14H,4-8,10-12H2,1-3H3/t14-/m0/s1. The van der Waals surface area contributed by atoms with Crippen molar-refractivity contribution < 1.29 is 22.7 Å². The van der Waals surface area contributed by atoms with Gasteiger partial charge in [0.05, 0.1) is 43.9 Å². The summed E-state index contributed by atoms with van der Waals surface area (Å²) >= 11 is 0. The number of esters is 1. The Morgan fingerprint density at radius 3 is 2.88 bits per heavy atom. The van der Waals surface area contributed by atoms with Gasteiger partial charge in [-0.15, -0.1) is 0 Å². The maximum Gasteiger partial charge on any atom is 0.319 e. The molecular formula is C16H27N3O5S. The van der Waals surface area contributed by atoms with Crippen LogP contribution in [0.25, 0.3) is 0 Å². The number of likely N-dealkylation sites (N-methyl/N-ethyl adjacent to an activating group) is 1. The van der Waals surface area contributed by atoms with E-state index < -0.39 is 9.84 Å². The first kappa shape index (κ1) is 19.9. The highest BCUT2D eigenvalue weighted by atomic mass is 32.2. The van der Waals surface area contributed by atoms with Gasteiger partial charge in [-0.3, -0.25) is 9.69 Å². The lowest BCUT2D eigenvalue weighted by Crippen LogP contribution is -2.29. The van der Waals surface area contributed by atoms with Crippen molar-refractivity contribution in [3.63, 3.8) is 0 Å². The molecule has 1 aliphatic rings. The highest BCUT2D eigenvalue weighted by molar-refractivity contribution is 7.91. The van der Waals surface area contributed by atoms with Crippen LogP contribution in [0.5, 0.6) is 0 Å². The SMILES string of the molecule is CCCS(=O)(=O)c1ncc(CN(C)CC(=O)OC)n1C[C@@H]1CCCO1. The van der Waals surface area contributed by atoms with Crippen molar-refractivity contribution in [3.05, 3.63) is 11.9 Å². The maximum absolute atomic E-state index is 12.5.